The fourth-order valence-corrected chi connectivity index (χ4v) is 2.86. The van der Waals surface area contributed by atoms with E-state index in [1.54, 1.807) is 11.3 Å². The summed E-state index contributed by atoms with van der Waals surface area (Å²) in [5.74, 6) is 0. The Bertz CT molecular complexity index is 300. The fraction of sp³-hybridized carbons (Fsp3) is 0.556. The molecule has 74 valence electrons. The van der Waals surface area contributed by atoms with Crippen LogP contribution in [0.2, 0.25) is 0 Å². The molecule has 0 aromatic carbocycles. The summed E-state index contributed by atoms with van der Waals surface area (Å²) < 4.78 is 0. The normalized spacial score (nSPS) is 22.2. The van der Waals surface area contributed by atoms with Gasteiger partial charge < -0.3 is 5.11 Å². The number of aliphatic hydroxyl groups is 1. The SMILES string of the molecule is Cc1cc2c(s1)CN(C)CC2O.Cl. The quantitative estimate of drug-likeness (QED) is 0.721. The summed E-state index contributed by atoms with van der Waals surface area (Å²) >= 11 is 1.80. The zero-order chi connectivity index (χ0) is 8.72. The standard InChI is InChI=1S/C9H13NOS.ClH/c1-6-3-7-8(11)4-10(2)5-9(7)12-6;/h3,8,11H,4-5H2,1-2H3;1H. The molecule has 2 nitrogen and oxygen atoms in total. The van der Waals surface area contributed by atoms with E-state index >= 15 is 0 Å². The topological polar surface area (TPSA) is 23.5 Å². The van der Waals surface area contributed by atoms with Crippen molar-refractivity contribution in [2.45, 2.75) is 19.6 Å². The molecule has 0 saturated heterocycles. The van der Waals surface area contributed by atoms with Crippen molar-refractivity contribution in [1.29, 1.82) is 0 Å². The van der Waals surface area contributed by atoms with Crippen molar-refractivity contribution < 1.29 is 5.11 Å². The van der Waals surface area contributed by atoms with Gasteiger partial charge in [0.1, 0.15) is 0 Å². The van der Waals surface area contributed by atoms with E-state index in [-0.39, 0.29) is 18.5 Å². The molecule has 0 spiro atoms. The van der Waals surface area contributed by atoms with Gasteiger partial charge in [-0.15, -0.1) is 23.7 Å². The number of nitrogens with zero attached hydrogens (tertiary/aromatic N) is 1. The highest BCUT2D eigenvalue weighted by Crippen LogP contribution is 2.32. The maximum absolute atomic E-state index is 9.71. The molecule has 2 rings (SSSR count). The Labute approximate surface area is 88.6 Å². The number of β-amino-alcohol motifs (C(OH)–C–C–N with tert-alkyl or cyclic N) is 1. The minimum absolute atomic E-state index is 0. The third kappa shape index (κ3) is 2.05. The van der Waals surface area contributed by atoms with Crippen LogP contribution < -0.4 is 0 Å². The second-order valence-electron chi connectivity index (χ2n) is 3.45. The van der Waals surface area contributed by atoms with Gasteiger partial charge in [-0.2, -0.15) is 0 Å². The molecule has 4 heteroatoms. The zero-order valence-electron chi connectivity index (χ0n) is 7.78. The van der Waals surface area contributed by atoms with E-state index in [2.05, 4.69) is 17.9 Å². The Morgan fingerprint density at radius 1 is 1.62 bits per heavy atom. The molecule has 0 amide bonds. The molecule has 0 fully saturated rings. The lowest BCUT2D eigenvalue weighted by Gasteiger charge is -2.26. The predicted molar refractivity (Wildman–Crippen MR) is 57.6 cm³/mol. The van der Waals surface area contributed by atoms with Crippen molar-refractivity contribution in [1.82, 2.24) is 4.90 Å². The predicted octanol–water partition coefficient (Wildman–Crippen LogP) is 1.96. The largest absolute Gasteiger partial charge is 0.387 e. The van der Waals surface area contributed by atoms with E-state index in [1.807, 2.05) is 7.05 Å². The van der Waals surface area contributed by atoms with Crippen molar-refractivity contribution in [2.75, 3.05) is 13.6 Å². The van der Waals surface area contributed by atoms with E-state index in [4.69, 9.17) is 0 Å². The Morgan fingerprint density at radius 2 is 2.31 bits per heavy atom. The molecule has 0 bridgehead atoms. The van der Waals surface area contributed by atoms with Crippen LogP contribution in [-0.4, -0.2) is 23.6 Å². The van der Waals surface area contributed by atoms with Gasteiger partial charge >= 0.3 is 0 Å². The van der Waals surface area contributed by atoms with Gasteiger partial charge in [-0.3, -0.25) is 4.90 Å². The average Bonchev–Trinajstić information content (AvgIpc) is 2.29. The van der Waals surface area contributed by atoms with E-state index < -0.39 is 0 Å². The molecule has 2 heterocycles. The molecule has 0 radical (unpaired) electrons. The van der Waals surface area contributed by atoms with E-state index in [1.165, 1.54) is 9.75 Å². The van der Waals surface area contributed by atoms with Crippen molar-refractivity contribution >= 4 is 23.7 Å². The first-order chi connectivity index (χ1) is 5.66. The highest BCUT2D eigenvalue weighted by molar-refractivity contribution is 7.12. The molecule has 1 N–H and O–H groups in total. The minimum atomic E-state index is -0.274. The number of hydrogen-bond donors (Lipinski definition) is 1. The summed E-state index contributed by atoms with van der Waals surface area (Å²) in [5, 5.41) is 9.71. The van der Waals surface area contributed by atoms with Crippen LogP contribution in [0.3, 0.4) is 0 Å². The van der Waals surface area contributed by atoms with Gasteiger partial charge in [-0.1, -0.05) is 0 Å². The van der Waals surface area contributed by atoms with Crippen LogP contribution in [0.1, 0.15) is 21.4 Å². The summed E-state index contributed by atoms with van der Waals surface area (Å²) in [6.07, 6.45) is -0.274. The number of likely N-dealkylation sites (N-methyl/N-ethyl adjacent to an activating group) is 1. The maximum Gasteiger partial charge on any atom is 0.0928 e. The van der Waals surface area contributed by atoms with E-state index in [0.717, 1.165) is 18.7 Å². The summed E-state index contributed by atoms with van der Waals surface area (Å²) in [7, 11) is 2.04. The molecule has 1 atom stereocenters. The van der Waals surface area contributed by atoms with Gasteiger partial charge in [0.2, 0.25) is 0 Å². The number of fused-ring (bicyclic) bond motifs is 1. The van der Waals surface area contributed by atoms with Gasteiger partial charge in [0, 0.05) is 22.8 Å². The monoisotopic (exact) mass is 219 g/mol. The average molecular weight is 220 g/mol. The van der Waals surface area contributed by atoms with Crippen LogP contribution in [0.4, 0.5) is 0 Å². The lowest BCUT2D eigenvalue weighted by atomic mass is 10.1. The Kier molecular flexibility index (Phi) is 3.35. The number of halogens is 1. The lowest BCUT2D eigenvalue weighted by Crippen LogP contribution is -2.28. The Morgan fingerprint density at radius 3 is 3.00 bits per heavy atom. The van der Waals surface area contributed by atoms with Crippen LogP contribution >= 0.6 is 23.7 Å². The second kappa shape index (κ2) is 3.96. The first-order valence-electron chi connectivity index (χ1n) is 4.12. The summed E-state index contributed by atoms with van der Waals surface area (Å²) in [4.78, 5) is 4.78. The zero-order valence-corrected chi connectivity index (χ0v) is 9.41. The van der Waals surface area contributed by atoms with Gasteiger partial charge in [0.15, 0.2) is 0 Å². The lowest BCUT2D eigenvalue weighted by molar-refractivity contribution is 0.109. The van der Waals surface area contributed by atoms with Gasteiger partial charge in [-0.25, -0.2) is 0 Å². The molecule has 1 unspecified atom stereocenters. The highest BCUT2D eigenvalue weighted by atomic mass is 35.5. The molecule has 1 aliphatic heterocycles. The maximum atomic E-state index is 9.71. The number of thiophene rings is 1. The van der Waals surface area contributed by atoms with Crippen molar-refractivity contribution in [3.05, 3.63) is 21.4 Å². The summed E-state index contributed by atoms with van der Waals surface area (Å²) in [6, 6.07) is 2.11. The highest BCUT2D eigenvalue weighted by Gasteiger charge is 2.22. The van der Waals surface area contributed by atoms with Crippen LogP contribution in [0.5, 0.6) is 0 Å². The van der Waals surface area contributed by atoms with Crippen molar-refractivity contribution in [3.8, 4) is 0 Å². The third-order valence-electron chi connectivity index (χ3n) is 2.22. The molecule has 1 aromatic rings. The Hall–Kier alpha value is -0.0900. The first kappa shape index (κ1) is 11.0. The molecule has 13 heavy (non-hydrogen) atoms. The molecular weight excluding hydrogens is 206 g/mol. The smallest absolute Gasteiger partial charge is 0.0928 e. The number of rotatable bonds is 0. The fourth-order valence-electron chi connectivity index (χ4n) is 1.69. The van der Waals surface area contributed by atoms with Crippen LogP contribution in [-0.2, 0) is 6.54 Å². The molecular formula is C9H14ClNOS. The molecule has 0 aliphatic carbocycles. The molecule has 0 saturated carbocycles. The summed E-state index contributed by atoms with van der Waals surface area (Å²) in [5.41, 5.74) is 1.15. The van der Waals surface area contributed by atoms with Crippen molar-refractivity contribution in [2.24, 2.45) is 0 Å². The minimum Gasteiger partial charge on any atom is -0.387 e. The van der Waals surface area contributed by atoms with Gasteiger partial charge in [0.25, 0.3) is 0 Å². The first-order valence-corrected chi connectivity index (χ1v) is 4.94. The number of aryl methyl sites for hydroxylation is 1. The number of aliphatic hydroxyl groups excluding tert-OH is 1. The van der Waals surface area contributed by atoms with Crippen LogP contribution in [0, 0.1) is 6.92 Å². The third-order valence-corrected chi connectivity index (χ3v) is 3.27. The van der Waals surface area contributed by atoms with Crippen molar-refractivity contribution in [3.63, 3.8) is 0 Å². The van der Waals surface area contributed by atoms with Crippen LogP contribution in [0.15, 0.2) is 6.07 Å². The van der Waals surface area contributed by atoms with Gasteiger partial charge in [0.05, 0.1) is 6.10 Å². The van der Waals surface area contributed by atoms with E-state index in [0.29, 0.717) is 0 Å². The Balaban J connectivity index is 0.000000845. The molecule has 1 aromatic heterocycles. The number of hydrogen-bond acceptors (Lipinski definition) is 3. The molecule has 1 aliphatic rings. The van der Waals surface area contributed by atoms with Gasteiger partial charge in [-0.05, 0) is 25.6 Å². The van der Waals surface area contributed by atoms with Crippen LogP contribution in [0.25, 0.3) is 0 Å². The van der Waals surface area contributed by atoms with E-state index in [9.17, 15) is 5.11 Å². The second-order valence-corrected chi connectivity index (χ2v) is 4.79. The summed E-state index contributed by atoms with van der Waals surface area (Å²) in [6.45, 7) is 3.85.